The number of rotatable bonds is 7. The number of nitrogens with zero attached hydrogens (tertiary/aromatic N) is 1. The fourth-order valence-electron chi connectivity index (χ4n) is 3.13. The Hall–Kier alpha value is -2.70. The number of carbonyl (C=O) groups is 3. The van der Waals surface area contributed by atoms with Gasteiger partial charge in [0, 0.05) is 25.6 Å². The fraction of sp³-hybridized carbons (Fsp3) is 0.450. The summed E-state index contributed by atoms with van der Waals surface area (Å²) < 4.78 is 13.8. The van der Waals surface area contributed by atoms with Crippen LogP contribution in [0.4, 0.5) is 4.39 Å². The van der Waals surface area contributed by atoms with E-state index in [1.54, 1.807) is 19.1 Å². The predicted molar refractivity (Wildman–Crippen MR) is 101 cm³/mol. The van der Waals surface area contributed by atoms with Crippen LogP contribution in [0.25, 0.3) is 0 Å². The van der Waals surface area contributed by atoms with Gasteiger partial charge in [-0.25, -0.2) is 4.39 Å². The number of carbonyl (C=O) groups excluding carboxylic acids is 3. The molecule has 0 spiro atoms. The molecule has 27 heavy (non-hydrogen) atoms. The summed E-state index contributed by atoms with van der Waals surface area (Å²) in [6, 6.07) is 4.66. The zero-order valence-electron chi connectivity index (χ0n) is 15.7. The van der Waals surface area contributed by atoms with Gasteiger partial charge in [-0.15, -0.1) is 0 Å². The second-order valence-corrected chi connectivity index (χ2v) is 6.43. The lowest BCUT2D eigenvalue weighted by Gasteiger charge is -2.23. The third kappa shape index (κ3) is 5.39. The molecule has 1 saturated heterocycles. The van der Waals surface area contributed by atoms with Gasteiger partial charge in [0.1, 0.15) is 11.9 Å². The average molecular weight is 375 g/mol. The first kappa shape index (κ1) is 20.6. The van der Waals surface area contributed by atoms with Gasteiger partial charge in [0.2, 0.25) is 11.8 Å². The van der Waals surface area contributed by atoms with Crippen LogP contribution in [0.2, 0.25) is 0 Å². The highest BCUT2D eigenvalue weighted by Crippen LogP contribution is 2.20. The minimum absolute atomic E-state index is 0.0530. The highest BCUT2D eigenvalue weighted by molar-refractivity contribution is 5.95. The Morgan fingerprint density at radius 2 is 1.96 bits per heavy atom. The Morgan fingerprint density at radius 3 is 2.63 bits per heavy atom. The maximum absolute atomic E-state index is 13.8. The lowest BCUT2D eigenvalue weighted by atomic mass is 10.1. The second-order valence-electron chi connectivity index (χ2n) is 6.43. The van der Waals surface area contributed by atoms with E-state index in [1.165, 1.54) is 23.1 Å². The molecule has 1 heterocycles. The minimum atomic E-state index is -0.640. The molecule has 1 aliphatic rings. The molecule has 1 fully saturated rings. The molecule has 3 amide bonds. The van der Waals surface area contributed by atoms with Gasteiger partial charge in [-0.1, -0.05) is 31.2 Å². The topological polar surface area (TPSA) is 78.5 Å². The van der Waals surface area contributed by atoms with Gasteiger partial charge >= 0.3 is 0 Å². The van der Waals surface area contributed by atoms with Crippen LogP contribution in [0.1, 0.15) is 43.5 Å². The molecule has 0 saturated carbocycles. The van der Waals surface area contributed by atoms with E-state index in [0.717, 1.165) is 6.42 Å². The van der Waals surface area contributed by atoms with Crippen molar-refractivity contribution < 1.29 is 18.8 Å². The number of amides is 3. The number of likely N-dealkylation sites (N-methyl/N-ethyl adjacent to an activating group) is 1. The summed E-state index contributed by atoms with van der Waals surface area (Å²) in [6.45, 7) is 4.46. The molecule has 146 valence electrons. The number of allylic oxidation sites excluding steroid dienone is 1. The average Bonchev–Trinajstić information content (AvgIpc) is 3.06. The zero-order valence-corrected chi connectivity index (χ0v) is 15.7. The predicted octanol–water partition coefficient (Wildman–Crippen LogP) is 2.02. The van der Waals surface area contributed by atoms with Crippen molar-refractivity contribution in [1.82, 2.24) is 15.5 Å². The molecular formula is C20H26FN3O3. The van der Waals surface area contributed by atoms with E-state index >= 15 is 0 Å². The van der Waals surface area contributed by atoms with Crippen molar-refractivity contribution in [3.8, 4) is 0 Å². The number of benzene rings is 1. The molecule has 0 bridgehead atoms. The maximum atomic E-state index is 13.8. The Balaban J connectivity index is 2.09. The summed E-state index contributed by atoms with van der Waals surface area (Å²) in [5.74, 6) is -1.56. The molecular weight excluding hydrogens is 349 g/mol. The number of likely N-dealkylation sites (tertiary alicyclic amines) is 1. The zero-order chi connectivity index (χ0) is 19.8. The molecule has 6 nitrogen and oxygen atoms in total. The van der Waals surface area contributed by atoms with Crippen LogP contribution < -0.4 is 10.6 Å². The molecule has 2 atom stereocenters. The maximum Gasteiger partial charge on any atom is 0.254 e. The third-order valence-electron chi connectivity index (χ3n) is 4.42. The molecule has 1 aliphatic heterocycles. The summed E-state index contributed by atoms with van der Waals surface area (Å²) in [5.41, 5.74) is -0.0530. The van der Waals surface area contributed by atoms with Crippen LogP contribution >= 0.6 is 0 Å². The largest absolute Gasteiger partial charge is 0.355 e. The Kier molecular flexibility index (Phi) is 7.52. The number of hydrogen-bond acceptors (Lipinski definition) is 3. The van der Waals surface area contributed by atoms with Crippen molar-refractivity contribution in [1.29, 1.82) is 0 Å². The van der Waals surface area contributed by atoms with Gasteiger partial charge in [-0.05, 0) is 31.9 Å². The molecule has 0 aromatic heterocycles. The van der Waals surface area contributed by atoms with E-state index in [2.05, 4.69) is 10.6 Å². The van der Waals surface area contributed by atoms with E-state index in [9.17, 15) is 18.8 Å². The van der Waals surface area contributed by atoms with Gasteiger partial charge in [-0.2, -0.15) is 0 Å². The van der Waals surface area contributed by atoms with Gasteiger partial charge < -0.3 is 15.5 Å². The van der Waals surface area contributed by atoms with Crippen LogP contribution in [-0.4, -0.2) is 47.8 Å². The SMILES string of the molecule is CC/C=C/CC(=O)N1C[C@H](NC(=O)c2ccccc2F)C[C@H]1C(=O)NCC. The monoisotopic (exact) mass is 375 g/mol. The first-order valence-corrected chi connectivity index (χ1v) is 9.25. The van der Waals surface area contributed by atoms with Gasteiger partial charge in [0.15, 0.2) is 0 Å². The lowest BCUT2D eigenvalue weighted by Crippen LogP contribution is -2.45. The molecule has 7 heteroatoms. The van der Waals surface area contributed by atoms with E-state index in [0.29, 0.717) is 13.0 Å². The van der Waals surface area contributed by atoms with Crippen LogP contribution in [0.3, 0.4) is 0 Å². The smallest absolute Gasteiger partial charge is 0.254 e. The van der Waals surface area contributed by atoms with E-state index in [4.69, 9.17) is 0 Å². The van der Waals surface area contributed by atoms with Crippen LogP contribution in [0.5, 0.6) is 0 Å². The molecule has 1 aromatic carbocycles. The number of halogens is 1. The van der Waals surface area contributed by atoms with Crippen molar-refractivity contribution >= 4 is 17.7 Å². The second kappa shape index (κ2) is 9.85. The normalized spacial score (nSPS) is 19.3. The molecule has 0 aliphatic carbocycles. The first-order valence-electron chi connectivity index (χ1n) is 9.25. The molecule has 2 N–H and O–H groups in total. The molecule has 0 unspecified atom stereocenters. The van der Waals surface area contributed by atoms with Gasteiger partial charge in [0.05, 0.1) is 5.56 Å². The van der Waals surface area contributed by atoms with Crippen molar-refractivity contribution in [2.45, 2.75) is 45.2 Å². The molecule has 0 radical (unpaired) electrons. The third-order valence-corrected chi connectivity index (χ3v) is 4.42. The van der Waals surface area contributed by atoms with E-state index in [-0.39, 0.29) is 30.3 Å². The fourth-order valence-corrected chi connectivity index (χ4v) is 3.13. The standard InChI is InChI=1S/C20H26FN3O3/c1-3-5-6-11-18(25)24-13-14(12-17(24)20(27)22-4-2)23-19(26)15-9-7-8-10-16(15)21/h5-10,14,17H,3-4,11-13H2,1-2H3,(H,22,27)(H,23,26)/b6-5+/t14-,17+/m1/s1. The summed E-state index contributed by atoms with van der Waals surface area (Å²) in [6.07, 6.45) is 5.01. The first-order chi connectivity index (χ1) is 13.0. The summed E-state index contributed by atoms with van der Waals surface area (Å²) in [5, 5.41) is 5.47. The van der Waals surface area contributed by atoms with E-state index in [1.807, 2.05) is 13.0 Å². The molecule has 2 rings (SSSR count). The summed E-state index contributed by atoms with van der Waals surface area (Å²) in [7, 11) is 0. The van der Waals surface area contributed by atoms with Crippen molar-refractivity contribution in [2.75, 3.05) is 13.1 Å². The minimum Gasteiger partial charge on any atom is -0.355 e. The van der Waals surface area contributed by atoms with E-state index < -0.39 is 23.8 Å². The Labute approximate surface area is 158 Å². The van der Waals surface area contributed by atoms with Gasteiger partial charge in [0.25, 0.3) is 5.91 Å². The quantitative estimate of drug-likeness (QED) is 0.716. The highest BCUT2D eigenvalue weighted by Gasteiger charge is 2.39. The lowest BCUT2D eigenvalue weighted by molar-refractivity contribution is -0.137. The van der Waals surface area contributed by atoms with Crippen molar-refractivity contribution in [2.24, 2.45) is 0 Å². The van der Waals surface area contributed by atoms with Crippen molar-refractivity contribution in [3.63, 3.8) is 0 Å². The van der Waals surface area contributed by atoms with Crippen LogP contribution in [0, 0.1) is 5.82 Å². The number of nitrogens with one attached hydrogen (secondary N) is 2. The van der Waals surface area contributed by atoms with Gasteiger partial charge in [-0.3, -0.25) is 14.4 Å². The molecule has 1 aromatic rings. The van der Waals surface area contributed by atoms with Crippen LogP contribution in [0.15, 0.2) is 36.4 Å². The highest BCUT2D eigenvalue weighted by atomic mass is 19.1. The summed E-state index contributed by atoms with van der Waals surface area (Å²) in [4.78, 5) is 38.7. The van der Waals surface area contributed by atoms with Crippen molar-refractivity contribution in [3.05, 3.63) is 47.8 Å². The summed E-state index contributed by atoms with van der Waals surface area (Å²) >= 11 is 0. The number of hydrogen-bond donors (Lipinski definition) is 2. The Bertz CT molecular complexity index is 720. The Morgan fingerprint density at radius 1 is 1.22 bits per heavy atom. The van der Waals surface area contributed by atoms with Crippen LogP contribution in [-0.2, 0) is 9.59 Å².